The van der Waals surface area contributed by atoms with Crippen molar-refractivity contribution in [3.05, 3.63) is 0 Å². The van der Waals surface area contributed by atoms with Crippen LogP contribution in [-0.2, 0) is 9.13 Å². The van der Waals surface area contributed by atoms with Crippen molar-refractivity contribution < 1.29 is 18.9 Å². The molecule has 0 aromatic heterocycles. The van der Waals surface area contributed by atoms with E-state index in [2.05, 4.69) is 30.1 Å². The maximum absolute atomic E-state index is 8.46. The van der Waals surface area contributed by atoms with Crippen LogP contribution in [0.5, 0.6) is 0 Å². The van der Waals surface area contributed by atoms with Gasteiger partial charge < -0.3 is 18.9 Å². The van der Waals surface area contributed by atoms with Crippen molar-refractivity contribution in [2.45, 2.75) is 37.9 Å². The van der Waals surface area contributed by atoms with E-state index < -0.39 is 17.4 Å². The molecular weight excluding hydrogens is 225 g/mol. The van der Waals surface area contributed by atoms with Crippen molar-refractivity contribution in [3.63, 3.8) is 0 Å². The average Bonchev–Trinajstić information content (AvgIpc) is 2.07. The maximum atomic E-state index is 8.46. The molecule has 0 aromatic rings. The fourth-order valence-corrected chi connectivity index (χ4v) is 0.908. The predicted octanol–water partition coefficient (Wildman–Crippen LogP) is 0.189. The molecule has 3 atom stereocenters. The summed E-state index contributed by atoms with van der Waals surface area (Å²) in [4.78, 5) is 16.9. The first-order chi connectivity index (χ1) is 6.14. The Balaban J connectivity index is -0.000000140. The van der Waals surface area contributed by atoms with Gasteiger partial charge in [-0.1, -0.05) is 0 Å². The Labute approximate surface area is 90.7 Å². The molecule has 0 aliphatic rings. The number of rotatable bonds is 3. The number of hydrogen-bond acceptors (Lipinski definition) is 4. The second-order valence-corrected chi connectivity index (χ2v) is 3.48. The molecular formula is C6H17AlO4P2. The van der Waals surface area contributed by atoms with Crippen LogP contribution in [0.3, 0.4) is 0 Å². The Hall–Kier alpha value is 0.912. The van der Waals surface area contributed by atoms with Crippen LogP contribution in [0, 0.1) is 0 Å². The fraction of sp³-hybridized carbons (Fsp3) is 1.00. The van der Waals surface area contributed by atoms with E-state index in [1.807, 2.05) is 0 Å². The van der Waals surface area contributed by atoms with Gasteiger partial charge in [-0.25, -0.2) is 0 Å². The summed E-state index contributed by atoms with van der Waals surface area (Å²) in [6.45, 7) is 4.46. The zero-order valence-corrected chi connectivity index (χ0v) is 11.5. The summed E-state index contributed by atoms with van der Waals surface area (Å²) in [5.41, 5.74) is 0. The quantitative estimate of drug-likeness (QED) is 0.522. The molecule has 0 amide bonds. The minimum atomic E-state index is -1.75. The van der Waals surface area contributed by atoms with E-state index in [1.54, 1.807) is 0 Å². The summed E-state index contributed by atoms with van der Waals surface area (Å²) in [7, 11) is -3.50. The minimum absolute atomic E-state index is 0.866. The van der Waals surface area contributed by atoms with Crippen LogP contribution in [0.4, 0.5) is 0 Å². The largest absolute Gasteiger partial charge is 0.804 e. The Morgan fingerprint density at radius 3 is 1.62 bits per heavy atom. The molecule has 0 radical (unpaired) electrons. The van der Waals surface area contributed by atoms with Crippen molar-refractivity contribution in [1.82, 2.24) is 0 Å². The third kappa shape index (κ3) is 44.0. The molecule has 0 aliphatic heterocycles. The van der Waals surface area contributed by atoms with E-state index in [0.717, 1.165) is 4.78 Å². The third-order valence-corrected chi connectivity index (χ3v) is 1.99. The summed E-state index contributed by atoms with van der Waals surface area (Å²) in [6.07, 6.45) is 3.99. The van der Waals surface area contributed by atoms with Gasteiger partial charge in [0.1, 0.15) is 0 Å². The van der Waals surface area contributed by atoms with Gasteiger partial charge in [-0.15, -0.1) is 0 Å². The van der Waals surface area contributed by atoms with Gasteiger partial charge in [0.25, 0.3) is 0 Å². The SMILES string of the molecule is CCC[CH]([Al+2])CC.O=[PH2][O-].O=[PH2][O-]. The van der Waals surface area contributed by atoms with E-state index in [0.29, 0.717) is 0 Å². The van der Waals surface area contributed by atoms with Crippen LogP contribution < -0.4 is 9.79 Å². The molecule has 0 aromatic carbocycles. The van der Waals surface area contributed by atoms with Gasteiger partial charge in [0.05, 0.1) is 0 Å². The first-order valence-electron chi connectivity index (χ1n) is 4.01. The van der Waals surface area contributed by atoms with E-state index in [1.165, 1.54) is 19.3 Å². The molecule has 7 heteroatoms. The smallest absolute Gasteiger partial charge is 0.0110 e. The molecule has 0 saturated carbocycles. The summed E-state index contributed by atoms with van der Waals surface area (Å²) >= 11 is 2.85. The Kier molecular flexibility index (Phi) is 34.6. The molecule has 0 N–H and O–H groups in total. The molecule has 78 valence electrons. The summed E-state index contributed by atoms with van der Waals surface area (Å²) in [6, 6.07) is 0. The Morgan fingerprint density at radius 2 is 1.54 bits per heavy atom. The molecule has 0 bridgehead atoms. The van der Waals surface area contributed by atoms with Gasteiger partial charge in [0.15, 0.2) is 0 Å². The van der Waals surface area contributed by atoms with E-state index >= 15 is 0 Å². The van der Waals surface area contributed by atoms with Crippen molar-refractivity contribution in [2.24, 2.45) is 0 Å². The zero-order chi connectivity index (χ0) is 11.1. The van der Waals surface area contributed by atoms with Crippen molar-refractivity contribution in [3.8, 4) is 0 Å². The molecule has 13 heavy (non-hydrogen) atoms. The summed E-state index contributed by atoms with van der Waals surface area (Å²) in [5.74, 6) is 0. The zero-order valence-electron chi connectivity index (χ0n) is 8.06. The maximum Gasteiger partial charge on any atom is -0.0110 e. The topological polar surface area (TPSA) is 80.3 Å². The van der Waals surface area contributed by atoms with Gasteiger partial charge in [-0.05, 0) is 17.4 Å². The fourth-order valence-electron chi connectivity index (χ4n) is 0.575. The first kappa shape index (κ1) is 19.5. The first-order valence-corrected chi connectivity index (χ1v) is 6.56. The Morgan fingerprint density at radius 1 is 1.23 bits per heavy atom. The van der Waals surface area contributed by atoms with Crippen LogP contribution in [0.15, 0.2) is 0 Å². The molecule has 4 nitrogen and oxygen atoms in total. The molecule has 0 aliphatic carbocycles. The van der Waals surface area contributed by atoms with Crippen LogP contribution >= 0.6 is 17.4 Å². The van der Waals surface area contributed by atoms with Crippen LogP contribution in [0.25, 0.3) is 0 Å². The summed E-state index contributed by atoms with van der Waals surface area (Å²) < 4.78 is 17.8. The number of hydrogen-bond donors (Lipinski definition) is 0. The molecule has 0 fully saturated rings. The average molecular weight is 242 g/mol. The van der Waals surface area contributed by atoms with Crippen molar-refractivity contribution >= 4 is 33.7 Å². The van der Waals surface area contributed by atoms with Gasteiger partial charge >= 0.3 is 54.2 Å². The standard InChI is InChI=1S/C6H13.Al.2H3O2P/c1-3-5-6-4-2;;2*1-3-2/h5H,3-4,6H2,1-2H3;;2*3H2,(H,1,2)/q;+2;;/p-2. The van der Waals surface area contributed by atoms with Crippen molar-refractivity contribution in [1.29, 1.82) is 0 Å². The molecule has 0 rings (SSSR count). The van der Waals surface area contributed by atoms with E-state index in [9.17, 15) is 0 Å². The third-order valence-electron chi connectivity index (χ3n) is 1.18. The van der Waals surface area contributed by atoms with Crippen LogP contribution in [-0.4, -0.2) is 16.3 Å². The molecule has 3 unspecified atom stereocenters. The van der Waals surface area contributed by atoms with E-state index in [4.69, 9.17) is 18.9 Å². The van der Waals surface area contributed by atoms with Gasteiger partial charge in [0.2, 0.25) is 0 Å². The second-order valence-electron chi connectivity index (χ2n) is 2.15. The van der Waals surface area contributed by atoms with Gasteiger partial charge in [-0.2, -0.15) is 0 Å². The molecule has 0 heterocycles. The second kappa shape index (κ2) is 23.1. The van der Waals surface area contributed by atoms with Gasteiger partial charge in [0, 0.05) is 0 Å². The molecule has 0 saturated heterocycles. The summed E-state index contributed by atoms with van der Waals surface area (Å²) in [5, 5.41) is 0. The normalized spacial score (nSPS) is 12.2. The van der Waals surface area contributed by atoms with Gasteiger partial charge in [-0.3, -0.25) is 0 Å². The molecule has 0 spiro atoms. The van der Waals surface area contributed by atoms with Crippen molar-refractivity contribution in [2.75, 3.05) is 0 Å². The van der Waals surface area contributed by atoms with Crippen LogP contribution in [0.2, 0.25) is 4.78 Å². The van der Waals surface area contributed by atoms with Crippen LogP contribution in [0.1, 0.15) is 33.1 Å². The predicted molar refractivity (Wildman–Crippen MR) is 55.5 cm³/mol. The van der Waals surface area contributed by atoms with E-state index in [-0.39, 0.29) is 0 Å². The monoisotopic (exact) mass is 242 g/mol. The Bertz CT molecular complexity index is 98.6. The minimum Gasteiger partial charge on any atom is -0.804 e.